The quantitative estimate of drug-likeness (QED) is 0.122. The van der Waals surface area contributed by atoms with Crippen molar-refractivity contribution in [3.05, 3.63) is 59.1 Å². The Morgan fingerprint density at radius 3 is 2.51 bits per heavy atom. The van der Waals surface area contributed by atoms with Crippen LogP contribution < -0.4 is 4.90 Å². The van der Waals surface area contributed by atoms with Gasteiger partial charge in [-0.1, -0.05) is 30.2 Å². The number of carbonyl (C=O) groups excluding carboxylic acids is 1. The van der Waals surface area contributed by atoms with Crippen molar-refractivity contribution in [2.24, 2.45) is 11.8 Å². The minimum atomic E-state index is -1.41. The number of hydrogen-bond donors (Lipinski definition) is 6. The van der Waals surface area contributed by atoms with Gasteiger partial charge in [-0.15, -0.1) is 0 Å². The first kappa shape index (κ1) is 35.0. The number of allylic oxidation sites excluding steroid dienone is 2. The lowest BCUT2D eigenvalue weighted by Gasteiger charge is -2.44. The predicted octanol–water partition coefficient (Wildman–Crippen LogP) is -0.275. The third kappa shape index (κ3) is 8.69. The number of carboxylic acids is 1. The summed E-state index contributed by atoms with van der Waals surface area (Å²) in [5.74, 6) is -2.91. The normalized spacial score (nSPS) is 34.0. The van der Waals surface area contributed by atoms with Gasteiger partial charge < -0.3 is 54.1 Å². The van der Waals surface area contributed by atoms with Gasteiger partial charge in [0, 0.05) is 18.1 Å². The Labute approximate surface area is 262 Å². The summed E-state index contributed by atoms with van der Waals surface area (Å²) in [6, 6.07) is 0. The van der Waals surface area contributed by atoms with Gasteiger partial charge in [0.1, 0.15) is 49.3 Å². The summed E-state index contributed by atoms with van der Waals surface area (Å²) in [5, 5.41) is 50.1. The molecule has 13 nitrogen and oxygen atoms in total. The fourth-order valence-corrected chi connectivity index (χ4v) is 6.23. The monoisotopic (exact) mass is 636 g/mol. The first-order chi connectivity index (χ1) is 21.7. The fraction of sp³-hybridized carbons (Fsp3) is 0.625. The number of methoxy groups -OCH3 is 1. The van der Waals surface area contributed by atoms with Crippen LogP contribution in [0.3, 0.4) is 0 Å². The minimum Gasteiger partial charge on any atom is -0.477 e. The number of ether oxygens (including phenoxy) is 5. The molecule has 13 heteroatoms. The third-order valence-electron chi connectivity index (χ3n) is 8.54. The smallest absolute Gasteiger partial charge is 0.341 e. The van der Waals surface area contributed by atoms with E-state index in [0.717, 1.165) is 37.0 Å². The van der Waals surface area contributed by atoms with E-state index >= 15 is 0 Å². The lowest BCUT2D eigenvalue weighted by atomic mass is 9.80. The molecule has 0 spiro atoms. The Morgan fingerprint density at radius 1 is 1.11 bits per heavy atom. The third-order valence-corrected chi connectivity index (χ3v) is 8.54. The molecule has 4 rings (SSSR count). The molecule has 1 aliphatic carbocycles. The second-order valence-corrected chi connectivity index (χ2v) is 11.6. The number of esters is 1. The fourth-order valence-electron chi connectivity index (χ4n) is 6.23. The SMILES string of the molecule is CCO[C@H]1[C@H](O[C@@H]2OC=C(C(=O)OC)[C@@H](/C=C/C3=CC(C(=O)O)=C[NH+](CCO)C3)[C@H]2C=C2CCCCC2)O[C@H](CO)[C@@H](O)[C@@H]1O. The second-order valence-electron chi connectivity index (χ2n) is 11.6. The lowest BCUT2D eigenvalue weighted by molar-refractivity contribution is -0.842. The van der Waals surface area contributed by atoms with Gasteiger partial charge in [-0.2, -0.15) is 0 Å². The van der Waals surface area contributed by atoms with Gasteiger partial charge in [0.15, 0.2) is 6.29 Å². The van der Waals surface area contributed by atoms with Crippen LogP contribution >= 0.6 is 0 Å². The standard InChI is InChI=1S/C32H45NO12/c1-3-42-28-27(37)26(36)25(17-35)44-32(28)45-31-23(14-19-7-5-4-6-8-19)22(24(18-43-31)30(40)41-2)10-9-20-13-21(29(38)39)16-33(15-20)11-12-34/h9-10,13-14,16,18,22-23,25-28,31-32,34-37H,3-8,11-12,15,17H2,1-2H3,(H,38,39)/p+1/b10-9+/t22-,23+,25+,26+,27-,28+,31-,32-/m0/s1. The average molecular weight is 637 g/mol. The number of carboxylic acid groups (broad SMARTS) is 1. The van der Waals surface area contributed by atoms with Crippen LogP contribution in [0.15, 0.2) is 59.1 Å². The zero-order chi connectivity index (χ0) is 32.5. The topological polar surface area (TPSA) is 186 Å². The number of aliphatic hydroxyl groups excluding tert-OH is 4. The van der Waals surface area contributed by atoms with E-state index in [1.165, 1.54) is 18.9 Å². The highest BCUT2D eigenvalue weighted by atomic mass is 16.8. The van der Waals surface area contributed by atoms with Gasteiger partial charge in [-0.3, -0.25) is 0 Å². The summed E-state index contributed by atoms with van der Waals surface area (Å²) >= 11 is 0. The largest absolute Gasteiger partial charge is 0.477 e. The molecule has 0 bridgehead atoms. The highest BCUT2D eigenvalue weighted by molar-refractivity contribution is 5.90. The summed E-state index contributed by atoms with van der Waals surface area (Å²) in [4.78, 5) is 25.6. The maximum atomic E-state index is 13.0. The molecule has 2 fully saturated rings. The summed E-state index contributed by atoms with van der Waals surface area (Å²) in [7, 11) is 1.27. The van der Waals surface area contributed by atoms with Crippen molar-refractivity contribution in [3.8, 4) is 0 Å². The van der Waals surface area contributed by atoms with Crippen LogP contribution in [-0.2, 0) is 33.3 Å². The molecular formula is C32H46NO12+. The Balaban J connectivity index is 1.72. The van der Waals surface area contributed by atoms with Crippen molar-refractivity contribution in [1.82, 2.24) is 0 Å². The van der Waals surface area contributed by atoms with Gasteiger partial charge in [-0.25, -0.2) is 9.59 Å². The van der Waals surface area contributed by atoms with Crippen LogP contribution in [0, 0.1) is 11.8 Å². The molecule has 0 aromatic heterocycles. The van der Waals surface area contributed by atoms with Gasteiger partial charge in [-0.05, 0) is 38.7 Å². The summed E-state index contributed by atoms with van der Waals surface area (Å²) in [6.07, 6.45) is 7.62. The number of rotatable bonds is 12. The van der Waals surface area contributed by atoms with Crippen LogP contribution in [0.2, 0.25) is 0 Å². The first-order valence-electron chi connectivity index (χ1n) is 15.5. The Bertz CT molecular complexity index is 1180. The van der Waals surface area contributed by atoms with Crippen LogP contribution in [0.1, 0.15) is 39.0 Å². The number of carbonyl (C=O) groups is 2. The maximum absolute atomic E-state index is 13.0. The number of nitrogens with one attached hydrogen (secondary N) is 1. The molecule has 4 aliphatic rings. The van der Waals surface area contributed by atoms with Gasteiger partial charge in [0.25, 0.3) is 0 Å². The molecule has 1 saturated carbocycles. The lowest BCUT2D eigenvalue weighted by Crippen LogP contribution is -3.08. The Hall–Kier alpha value is -2.88. The van der Waals surface area contributed by atoms with E-state index in [1.54, 1.807) is 31.4 Å². The van der Waals surface area contributed by atoms with E-state index in [9.17, 15) is 35.1 Å². The molecule has 0 aromatic rings. The van der Waals surface area contributed by atoms with Crippen LogP contribution in [0.4, 0.5) is 0 Å². The number of hydrogen-bond acceptors (Lipinski definition) is 11. The molecule has 3 heterocycles. The molecule has 0 aromatic carbocycles. The number of aliphatic carboxylic acids is 1. The molecule has 1 unspecified atom stereocenters. The van der Waals surface area contributed by atoms with Crippen molar-refractivity contribution in [1.29, 1.82) is 0 Å². The van der Waals surface area contributed by atoms with Gasteiger partial charge in [0.05, 0.1) is 38.1 Å². The second kappa shape index (κ2) is 16.6. The number of quaternary nitrogens is 1. The van der Waals surface area contributed by atoms with Crippen molar-refractivity contribution in [2.45, 2.75) is 76.0 Å². The van der Waals surface area contributed by atoms with Crippen molar-refractivity contribution in [2.75, 3.05) is 40.0 Å². The molecule has 250 valence electrons. The average Bonchev–Trinajstić information content (AvgIpc) is 3.04. The minimum absolute atomic E-state index is 0.0951. The molecule has 6 N–H and O–H groups in total. The van der Waals surface area contributed by atoms with Gasteiger partial charge >= 0.3 is 11.9 Å². The zero-order valence-electron chi connectivity index (χ0n) is 25.7. The van der Waals surface area contributed by atoms with Crippen LogP contribution in [0.5, 0.6) is 0 Å². The van der Waals surface area contributed by atoms with E-state index in [0.29, 0.717) is 18.7 Å². The molecule has 1 saturated heterocycles. The Kier molecular flexibility index (Phi) is 12.9. The van der Waals surface area contributed by atoms with E-state index in [4.69, 9.17) is 23.7 Å². The summed E-state index contributed by atoms with van der Waals surface area (Å²) < 4.78 is 29.0. The summed E-state index contributed by atoms with van der Waals surface area (Å²) in [6.45, 7) is 1.99. The maximum Gasteiger partial charge on any atom is 0.341 e. The predicted molar refractivity (Wildman–Crippen MR) is 158 cm³/mol. The van der Waals surface area contributed by atoms with Crippen molar-refractivity contribution >= 4 is 11.9 Å². The highest BCUT2D eigenvalue weighted by Gasteiger charge is 2.48. The van der Waals surface area contributed by atoms with E-state index in [-0.39, 0.29) is 24.4 Å². The molecule has 0 amide bonds. The van der Waals surface area contributed by atoms with Crippen molar-refractivity contribution in [3.63, 3.8) is 0 Å². The van der Waals surface area contributed by atoms with E-state index in [2.05, 4.69) is 0 Å². The number of aliphatic hydroxyl groups is 4. The zero-order valence-corrected chi connectivity index (χ0v) is 25.7. The molecule has 9 atom stereocenters. The highest BCUT2D eigenvalue weighted by Crippen LogP contribution is 2.39. The van der Waals surface area contributed by atoms with E-state index < -0.39 is 67.4 Å². The molecule has 45 heavy (non-hydrogen) atoms. The molecule has 3 aliphatic heterocycles. The van der Waals surface area contributed by atoms with Gasteiger partial charge in [0.2, 0.25) is 6.29 Å². The van der Waals surface area contributed by atoms with Crippen LogP contribution in [-0.4, -0.2) is 114 Å². The molecule has 0 radical (unpaired) electrons. The van der Waals surface area contributed by atoms with Crippen molar-refractivity contribution < 1.29 is 63.7 Å². The summed E-state index contributed by atoms with van der Waals surface area (Å²) in [5.41, 5.74) is 2.18. The first-order valence-corrected chi connectivity index (χ1v) is 15.5. The van der Waals surface area contributed by atoms with E-state index in [1.807, 2.05) is 6.08 Å². The Morgan fingerprint density at radius 2 is 1.87 bits per heavy atom. The molecular weight excluding hydrogens is 590 g/mol. The van der Waals surface area contributed by atoms with Crippen LogP contribution in [0.25, 0.3) is 0 Å².